The smallest absolute Gasteiger partial charge is 0.270 e. The molecule has 0 radical (unpaired) electrons. The van der Waals surface area contributed by atoms with Crippen molar-refractivity contribution in [2.24, 2.45) is 0 Å². The van der Waals surface area contributed by atoms with Crippen LogP contribution in [0.1, 0.15) is 16.7 Å². The Morgan fingerprint density at radius 1 is 1.11 bits per heavy atom. The number of nitrogens with zero attached hydrogens (tertiary/aromatic N) is 1. The van der Waals surface area contributed by atoms with E-state index >= 15 is 0 Å². The fraction of sp³-hybridized carbons (Fsp3) is 0.115. The van der Waals surface area contributed by atoms with Crippen LogP contribution in [0.2, 0.25) is 5.02 Å². The first-order chi connectivity index (χ1) is 16.8. The summed E-state index contributed by atoms with van der Waals surface area (Å²) in [6.07, 6.45) is 1.49. The maximum atomic E-state index is 13.3. The first kappa shape index (κ1) is 24.9. The Balaban J connectivity index is 1.64. The van der Waals surface area contributed by atoms with Crippen LogP contribution >= 0.6 is 39.7 Å². The molecule has 1 aliphatic heterocycles. The molecule has 0 aromatic heterocycles. The number of rotatable bonds is 6. The highest BCUT2D eigenvalue weighted by Gasteiger charge is 2.34. The van der Waals surface area contributed by atoms with Crippen LogP contribution in [0.3, 0.4) is 0 Å². The first-order valence-electron chi connectivity index (χ1n) is 10.5. The summed E-state index contributed by atoms with van der Waals surface area (Å²) in [4.78, 5) is 27.2. The Bertz CT molecular complexity index is 1360. The van der Waals surface area contributed by atoms with Crippen molar-refractivity contribution in [3.8, 4) is 11.5 Å². The summed E-state index contributed by atoms with van der Waals surface area (Å²) < 4.78 is 12.1. The number of aryl methyl sites for hydroxylation is 1. The van der Waals surface area contributed by atoms with Crippen molar-refractivity contribution in [1.82, 2.24) is 5.32 Å². The number of benzene rings is 3. The Hall–Kier alpha value is -3.20. The van der Waals surface area contributed by atoms with Crippen molar-refractivity contribution in [2.75, 3.05) is 12.0 Å². The summed E-state index contributed by atoms with van der Waals surface area (Å²) in [6.45, 7) is 2.18. The largest absolute Gasteiger partial charge is 0.493 e. The molecule has 3 aromatic carbocycles. The van der Waals surface area contributed by atoms with E-state index in [0.717, 1.165) is 11.1 Å². The molecule has 0 aliphatic carbocycles. The summed E-state index contributed by atoms with van der Waals surface area (Å²) >= 11 is 15.0. The summed E-state index contributed by atoms with van der Waals surface area (Å²) in [5.74, 6) is -0.196. The van der Waals surface area contributed by atoms with Crippen LogP contribution in [0.5, 0.6) is 11.5 Å². The van der Waals surface area contributed by atoms with Gasteiger partial charge in [0.05, 0.1) is 17.3 Å². The normalized spacial score (nSPS) is 14.8. The third kappa shape index (κ3) is 5.40. The number of carbonyl (C=O) groups is 2. The van der Waals surface area contributed by atoms with Gasteiger partial charge in [0, 0.05) is 10.6 Å². The molecule has 0 unspecified atom stereocenters. The standard InChI is InChI=1S/C26H20BrClN2O4S/c1-15-7-9-18(10-8-15)30-25(32)19(24(31)29-26(30)35)11-16-12-20(27)23(22(13-16)33-2)34-14-17-5-3-4-6-21(17)28/h3-13H,14H2,1-2H3,(H,29,31,35)/b19-11-. The van der Waals surface area contributed by atoms with Crippen LogP contribution in [-0.2, 0) is 16.2 Å². The van der Waals surface area contributed by atoms with Gasteiger partial charge in [-0.3, -0.25) is 19.8 Å². The monoisotopic (exact) mass is 570 g/mol. The summed E-state index contributed by atoms with van der Waals surface area (Å²) in [7, 11) is 1.51. The quantitative estimate of drug-likeness (QED) is 0.229. The Morgan fingerprint density at radius 2 is 1.83 bits per heavy atom. The van der Waals surface area contributed by atoms with E-state index in [-0.39, 0.29) is 17.3 Å². The van der Waals surface area contributed by atoms with Crippen molar-refractivity contribution in [3.63, 3.8) is 0 Å². The molecule has 1 fully saturated rings. The molecular formula is C26H20BrClN2O4S. The van der Waals surface area contributed by atoms with Gasteiger partial charge < -0.3 is 9.47 Å². The number of carbonyl (C=O) groups excluding carboxylic acids is 2. The van der Waals surface area contributed by atoms with Crippen LogP contribution < -0.4 is 19.7 Å². The highest BCUT2D eigenvalue weighted by molar-refractivity contribution is 9.10. The van der Waals surface area contributed by atoms with Gasteiger partial charge in [-0.15, -0.1) is 0 Å². The first-order valence-corrected chi connectivity index (χ1v) is 12.1. The van der Waals surface area contributed by atoms with E-state index in [1.54, 1.807) is 30.3 Å². The molecule has 4 rings (SSSR count). The Labute approximate surface area is 221 Å². The number of hydrogen-bond acceptors (Lipinski definition) is 5. The summed E-state index contributed by atoms with van der Waals surface area (Å²) in [5, 5.41) is 3.22. The SMILES string of the molecule is COc1cc(/C=C2/C(=O)NC(=S)N(c3ccc(C)cc3)C2=O)cc(Br)c1OCc1ccccc1Cl. The van der Waals surface area contributed by atoms with Gasteiger partial charge >= 0.3 is 0 Å². The van der Waals surface area contributed by atoms with Crippen LogP contribution in [0.25, 0.3) is 6.08 Å². The van der Waals surface area contributed by atoms with E-state index in [1.807, 2.05) is 37.3 Å². The average Bonchev–Trinajstić information content (AvgIpc) is 2.83. The number of nitrogens with one attached hydrogen (secondary N) is 1. The molecule has 6 nitrogen and oxygen atoms in total. The summed E-state index contributed by atoms with van der Waals surface area (Å²) in [6, 6.07) is 18.1. The second-order valence-corrected chi connectivity index (χ2v) is 9.36. The predicted octanol–water partition coefficient (Wildman–Crippen LogP) is 5.83. The minimum atomic E-state index is -0.572. The fourth-order valence-electron chi connectivity index (χ4n) is 3.48. The molecule has 9 heteroatoms. The van der Waals surface area contributed by atoms with Crippen molar-refractivity contribution in [1.29, 1.82) is 0 Å². The van der Waals surface area contributed by atoms with E-state index in [4.69, 9.17) is 33.3 Å². The van der Waals surface area contributed by atoms with Gasteiger partial charge in [-0.25, -0.2) is 0 Å². The second kappa shape index (κ2) is 10.6. The van der Waals surface area contributed by atoms with Gasteiger partial charge in [0.25, 0.3) is 11.8 Å². The number of hydrogen-bond donors (Lipinski definition) is 1. The van der Waals surface area contributed by atoms with Crippen LogP contribution in [0.15, 0.2) is 70.7 Å². The van der Waals surface area contributed by atoms with Crippen molar-refractivity contribution in [2.45, 2.75) is 13.5 Å². The van der Waals surface area contributed by atoms with E-state index in [2.05, 4.69) is 21.2 Å². The lowest BCUT2D eigenvalue weighted by Crippen LogP contribution is -2.54. The molecule has 0 saturated carbocycles. The summed E-state index contributed by atoms with van der Waals surface area (Å²) in [5.41, 5.74) is 2.94. The molecule has 1 N–H and O–H groups in total. The van der Waals surface area contributed by atoms with Crippen LogP contribution in [0.4, 0.5) is 5.69 Å². The molecule has 35 heavy (non-hydrogen) atoms. The van der Waals surface area contributed by atoms with Crippen LogP contribution in [-0.4, -0.2) is 24.0 Å². The lowest BCUT2D eigenvalue weighted by molar-refractivity contribution is -0.122. The van der Waals surface area contributed by atoms with Gasteiger partial charge in [0.15, 0.2) is 16.6 Å². The second-order valence-electron chi connectivity index (χ2n) is 7.71. The van der Waals surface area contributed by atoms with Crippen molar-refractivity contribution >= 4 is 68.4 Å². The van der Waals surface area contributed by atoms with Gasteiger partial charge in [-0.1, -0.05) is 47.5 Å². The topological polar surface area (TPSA) is 67.9 Å². The zero-order chi connectivity index (χ0) is 25.1. The molecule has 0 atom stereocenters. The van der Waals surface area contributed by atoms with E-state index < -0.39 is 11.8 Å². The van der Waals surface area contributed by atoms with E-state index in [1.165, 1.54) is 18.1 Å². The lowest BCUT2D eigenvalue weighted by Gasteiger charge is -2.29. The molecule has 178 valence electrons. The van der Waals surface area contributed by atoms with E-state index in [0.29, 0.717) is 32.2 Å². The number of amides is 2. The zero-order valence-corrected chi connectivity index (χ0v) is 22.0. The van der Waals surface area contributed by atoms with E-state index in [9.17, 15) is 9.59 Å². The minimum absolute atomic E-state index is 0.0306. The number of ether oxygens (including phenoxy) is 2. The molecular weight excluding hydrogens is 552 g/mol. The van der Waals surface area contributed by atoms with Crippen molar-refractivity contribution < 1.29 is 19.1 Å². The zero-order valence-electron chi connectivity index (χ0n) is 18.8. The number of methoxy groups -OCH3 is 1. The number of thiocarbonyl (C=S) groups is 1. The van der Waals surface area contributed by atoms with Gasteiger partial charge in [0.1, 0.15) is 12.2 Å². The molecule has 2 amide bonds. The number of halogens is 2. The highest BCUT2D eigenvalue weighted by atomic mass is 79.9. The molecule has 3 aromatic rings. The maximum Gasteiger partial charge on any atom is 0.270 e. The number of anilines is 1. The molecule has 0 bridgehead atoms. The predicted molar refractivity (Wildman–Crippen MR) is 144 cm³/mol. The maximum absolute atomic E-state index is 13.3. The van der Waals surface area contributed by atoms with Crippen molar-refractivity contribution in [3.05, 3.63) is 92.4 Å². The minimum Gasteiger partial charge on any atom is -0.493 e. The average molecular weight is 572 g/mol. The third-order valence-corrected chi connectivity index (χ3v) is 6.53. The van der Waals surface area contributed by atoms with Gasteiger partial charge in [-0.2, -0.15) is 0 Å². The molecule has 1 aliphatic rings. The van der Waals surface area contributed by atoms with Gasteiger partial charge in [0.2, 0.25) is 0 Å². The third-order valence-electron chi connectivity index (χ3n) is 5.29. The molecule has 0 spiro atoms. The molecule has 1 saturated heterocycles. The fourth-order valence-corrected chi connectivity index (χ4v) is 4.53. The van der Waals surface area contributed by atoms with Gasteiger partial charge in [-0.05, 0) is 77.0 Å². The van der Waals surface area contributed by atoms with Crippen LogP contribution in [0, 0.1) is 6.92 Å². The highest BCUT2D eigenvalue weighted by Crippen LogP contribution is 2.38. The Morgan fingerprint density at radius 3 is 2.51 bits per heavy atom. The Kier molecular flexibility index (Phi) is 7.54. The molecule has 1 heterocycles. The lowest BCUT2D eigenvalue weighted by atomic mass is 10.1.